The number of benzene rings is 1. The maximum atomic E-state index is 5.93. The summed E-state index contributed by atoms with van der Waals surface area (Å²) in [5.74, 6) is 0.848. The Hall–Kier alpha value is -0.980. The Morgan fingerprint density at radius 2 is 2.20 bits per heavy atom. The summed E-state index contributed by atoms with van der Waals surface area (Å²) < 4.78 is 0. The topological polar surface area (TPSA) is 26.0 Å². The first kappa shape index (κ1) is 9.26. The highest BCUT2D eigenvalue weighted by Crippen LogP contribution is 2.53. The van der Waals surface area contributed by atoms with Crippen LogP contribution in [0.5, 0.6) is 0 Å². The molecule has 0 aromatic heterocycles. The smallest absolute Gasteiger partial charge is 0.0317 e. The third-order valence-corrected chi connectivity index (χ3v) is 4.71. The average molecular weight is 201 g/mol. The van der Waals surface area contributed by atoms with E-state index in [-0.39, 0.29) is 0 Å². The molecule has 1 saturated carbocycles. The van der Waals surface area contributed by atoms with Gasteiger partial charge in [-0.05, 0) is 60.3 Å². The molecule has 15 heavy (non-hydrogen) atoms. The van der Waals surface area contributed by atoms with Gasteiger partial charge in [0.25, 0.3) is 0 Å². The predicted octanol–water partition coefficient (Wildman–Crippen LogP) is 3.27. The quantitative estimate of drug-likeness (QED) is 0.640. The summed E-state index contributed by atoms with van der Waals surface area (Å²) in [6.45, 7) is 2.42. The molecule has 0 bridgehead atoms. The van der Waals surface area contributed by atoms with Crippen molar-refractivity contribution in [3.8, 4) is 0 Å². The molecule has 1 heteroatoms. The molecule has 3 rings (SSSR count). The Kier molecular flexibility index (Phi) is 1.86. The second kappa shape index (κ2) is 3.01. The summed E-state index contributed by atoms with van der Waals surface area (Å²) in [6, 6.07) is 6.53. The second-order valence-corrected chi connectivity index (χ2v) is 5.37. The number of nitrogen functional groups attached to an aromatic ring is 1. The normalized spacial score (nSPS) is 33.5. The van der Waals surface area contributed by atoms with E-state index in [0.717, 1.165) is 11.6 Å². The van der Waals surface area contributed by atoms with E-state index >= 15 is 0 Å². The van der Waals surface area contributed by atoms with E-state index in [1.807, 2.05) is 0 Å². The maximum absolute atomic E-state index is 5.93. The van der Waals surface area contributed by atoms with Crippen LogP contribution in [-0.2, 0) is 11.8 Å². The molecule has 1 aromatic carbocycles. The number of rotatable bonds is 0. The standard InChI is InChI=1S/C14H19N/c1-10-3-2-7-14(10)8-6-11-4-5-12(15)9-13(11)14/h4-5,9-10H,2-3,6-8,15H2,1H3. The molecule has 80 valence electrons. The molecule has 2 aliphatic carbocycles. The predicted molar refractivity (Wildman–Crippen MR) is 63.9 cm³/mol. The van der Waals surface area contributed by atoms with E-state index in [4.69, 9.17) is 5.73 Å². The van der Waals surface area contributed by atoms with Gasteiger partial charge in [0.2, 0.25) is 0 Å². The van der Waals surface area contributed by atoms with Gasteiger partial charge in [0.1, 0.15) is 0 Å². The van der Waals surface area contributed by atoms with Crippen LogP contribution in [0.1, 0.15) is 43.7 Å². The summed E-state index contributed by atoms with van der Waals surface area (Å²) in [6.07, 6.45) is 6.79. The monoisotopic (exact) mass is 201 g/mol. The van der Waals surface area contributed by atoms with Crippen LogP contribution in [0, 0.1) is 5.92 Å². The summed E-state index contributed by atoms with van der Waals surface area (Å²) in [4.78, 5) is 0. The minimum Gasteiger partial charge on any atom is -0.399 e. The van der Waals surface area contributed by atoms with Crippen molar-refractivity contribution in [1.82, 2.24) is 0 Å². The van der Waals surface area contributed by atoms with Gasteiger partial charge in [-0.2, -0.15) is 0 Å². The van der Waals surface area contributed by atoms with Crippen LogP contribution in [0.2, 0.25) is 0 Å². The van der Waals surface area contributed by atoms with Gasteiger partial charge in [-0.3, -0.25) is 0 Å². The first-order valence-electron chi connectivity index (χ1n) is 6.11. The van der Waals surface area contributed by atoms with Crippen LogP contribution in [-0.4, -0.2) is 0 Å². The molecule has 1 aromatic rings. The SMILES string of the molecule is CC1CCCC12CCc1ccc(N)cc12. The van der Waals surface area contributed by atoms with Crippen LogP contribution in [0.3, 0.4) is 0 Å². The first-order valence-corrected chi connectivity index (χ1v) is 6.11. The van der Waals surface area contributed by atoms with Crippen LogP contribution in [0.25, 0.3) is 0 Å². The van der Waals surface area contributed by atoms with E-state index in [2.05, 4.69) is 25.1 Å². The highest BCUT2D eigenvalue weighted by atomic mass is 14.6. The lowest BCUT2D eigenvalue weighted by molar-refractivity contribution is 0.335. The Morgan fingerprint density at radius 3 is 2.93 bits per heavy atom. The molecule has 2 aliphatic rings. The Morgan fingerprint density at radius 1 is 1.33 bits per heavy atom. The molecule has 0 heterocycles. The molecule has 0 radical (unpaired) electrons. The van der Waals surface area contributed by atoms with Crippen LogP contribution >= 0.6 is 0 Å². The Balaban J connectivity index is 2.14. The number of nitrogens with two attached hydrogens (primary N) is 1. The van der Waals surface area contributed by atoms with Crippen LogP contribution in [0.15, 0.2) is 18.2 Å². The number of aryl methyl sites for hydroxylation is 1. The number of hydrogen-bond acceptors (Lipinski definition) is 1. The molecule has 0 aliphatic heterocycles. The molecule has 1 nitrogen and oxygen atoms in total. The lowest BCUT2D eigenvalue weighted by atomic mass is 9.74. The molecule has 2 unspecified atom stereocenters. The van der Waals surface area contributed by atoms with Gasteiger partial charge in [-0.25, -0.2) is 0 Å². The van der Waals surface area contributed by atoms with Gasteiger partial charge >= 0.3 is 0 Å². The fourth-order valence-electron chi connectivity index (χ4n) is 3.79. The highest BCUT2D eigenvalue weighted by Gasteiger charge is 2.45. The van der Waals surface area contributed by atoms with Crippen molar-refractivity contribution in [3.05, 3.63) is 29.3 Å². The zero-order valence-electron chi connectivity index (χ0n) is 9.42. The van der Waals surface area contributed by atoms with Crippen LogP contribution < -0.4 is 5.73 Å². The highest BCUT2D eigenvalue weighted by molar-refractivity contribution is 5.51. The van der Waals surface area contributed by atoms with Crippen molar-refractivity contribution in [2.24, 2.45) is 5.92 Å². The number of fused-ring (bicyclic) bond motifs is 2. The lowest BCUT2D eigenvalue weighted by Gasteiger charge is -2.30. The van der Waals surface area contributed by atoms with Gasteiger partial charge < -0.3 is 5.73 Å². The Labute approximate surface area is 91.7 Å². The van der Waals surface area contributed by atoms with E-state index in [0.29, 0.717) is 5.41 Å². The van der Waals surface area contributed by atoms with E-state index in [9.17, 15) is 0 Å². The van der Waals surface area contributed by atoms with E-state index in [1.165, 1.54) is 32.1 Å². The molecule has 1 spiro atoms. The van der Waals surface area contributed by atoms with Crippen molar-refractivity contribution in [2.75, 3.05) is 5.73 Å². The molecule has 0 saturated heterocycles. The molecule has 0 amide bonds. The summed E-state index contributed by atoms with van der Waals surface area (Å²) in [7, 11) is 0. The Bertz CT molecular complexity index is 396. The largest absolute Gasteiger partial charge is 0.399 e. The number of anilines is 1. The first-order chi connectivity index (χ1) is 7.22. The maximum Gasteiger partial charge on any atom is 0.0317 e. The minimum absolute atomic E-state index is 0.491. The molecular weight excluding hydrogens is 182 g/mol. The van der Waals surface area contributed by atoms with Crippen LogP contribution in [0.4, 0.5) is 5.69 Å². The molecule has 2 N–H and O–H groups in total. The third kappa shape index (κ3) is 1.15. The van der Waals surface area contributed by atoms with Gasteiger partial charge in [0.05, 0.1) is 0 Å². The van der Waals surface area contributed by atoms with E-state index in [1.54, 1.807) is 11.1 Å². The molecule has 2 atom stereocenters. The number of hydrogen-bond donors (Lipinski definition) is 1. The fourth-order valence-corrected chi connectivity index (χ4v) is 3.79. The molecular formula is C14H19N. The fraction of sp³-hybridized carbons (Fsp3) is 0.571. The lowest BCUT2D eigenvalue weighted by Crippen LogP contribution is -2.25. The van der Waals surface area contributed by atoms with Crippen molar-refractivity contribution >= 4 is 5.69 Å². The van der Waals surface area contributed by atoms with Crippen molar-refractivity contribution < 1.29 is 0 Å². The summed E-state index contributed by atoms with van der Waals surface area (Å²) >= 11 is 0. The van der Waals surface area contributed by atoms with Crippen molar-refractivity contribution in [3.63, 3.8) is 0 Å². The van der Waals surface area contributed by atoms with Crippen molar-refractivity contribution in [2.45, 2.75) is 44.4 Å². The minimum atomic E-state index is 0.491. The van der Waals surface area contributed by atoms with Gasteiger partial charge in [-0.1, -0.05) is 19.4 Å². The average Bonchev–Trinajstić information content (AvgIpc) is 2.75. The van der Waals surface area contributed by atoms with E-state index < -0.39 is 0 Å². The molecule has 1 fully saturated rings. The van der Waals surface area contributed by atoms with Gasteiger partial charge in [-0.15, -0.1) is 0 Å². The summed E-state index contributed by atoms with van der Waals surface area (Å²) in [5.41, 5.74) is 10.5. The summed E-state index contributed by atoms with van der Waals surface area (Å²) in [5, 5.41) is 0. The van der Waals surface area contributed by atoms with Gasteiger partial charge in [0.15, 0.2) is 0 Å². The van der Waals surface area contributed by atoms with Gasteiger partial charge in [0, 0.05) is 5.69 Å². The zero-order valence-corrected chi connectivity index (χ0v) is 9.42. The third-order valence-electron chi connectivity index (χ3n) is 4.71. The van der Waals surface area contributed by atoms with Crippen molar-refractivity contribution in [1.29, 1.82) is 0 Å². The second-order valence-electron chi connectivity index (χ2n) is 5.37. The zero-order chi connectivity index (χ0) is 10.5.